The van der Waals surface area contributed by atoms with E-state index in [1.54, 1.807) is 14.1 Å². The first-order chi connectivity index (χ1) is 10.1. The summed E-state index contributed by atoms with van der Waals surface area (Å²) >= 11 is 0. The summed E-state index contributed by atoms with van der Waals surface area (Å²) in [5, 5.41) is 0. The molecule has 3 heteroatoms. The van der Waals surface area contributed by atoms with Crippen LogP contribution in [0.4, 0.5) is 0 Å². The third-order valence-electron chi connectivity index (χ3n) is 3.38. The molecule has 0 saturated carbocycles. The van der Waals surface area contributed by atoms with Crippen LogP contribution in [0.15, 0.2) is 54.6 Å². The standard InChI is InChI=1S/C18H19NO2/c1-19(2)18(21)13-12-17(20)16-10-8-15(9-11-16)14-6-4-3-5-7-14/h3-11H,12-13H2,1-2H3. The molecule has 0 aliphatic rings. The minimum atomic E-state index is -0.0238. The molecule has 2 aromatic rings. The molecule has 0 aromatic heterocycles. The Hall–Kier alpha value is -2.42. The molecule has 2 aromatic carbocycles. The summed E-state index contributed by atoms with van der Waals surface area (Å²) in [4.78, 5) is 25.0. The first kappa shape index (κ1) is 15.0. The molecule has 0 saturated heterocycles. The van der Waals surface area contributed by atoms with Gasteiger partial charge in [0.05, 0.1) is 0 Å². The molecule has 108 valence electrons. The minimum Gasteiger partial charge on any atom is -0.349 e. The maximum absolute atomic E-state index is 12.0. The number of nitrogens with zero attached hydrogens (tertiary/aromatic N) is 1. The number of carbonyl (C=O) groups excluding carboxylic acids is 2. The molecule has 0 heterocycles. The highest BCUT2D eigenvalue weighted by Crippen LogP contribution is 2.19. The highest BCUT2D eigenvalue weighted by atomic mass is 16.2. The fourth-order valence-corrected chi connectivity index (χ4v) is 2.07. The van der Waals surface area contributed by atoms with Gasteiger partial charge in [-0.15, -0.1) is 0 Å². The number of rotatable bonds is 5. The molecule has 0 fully saturated rings. The van der Waals surface area contributed by atoms with Crippen LogP contribution in [0, 0.1) is 0 Å². The lowest BCUT2D eigenvalue weighted by atomic mass is 10.0. The van der Waals surface area contributed by atoms with Crippen LogP contribution in [0.25, 0.3) is 11.1 Å². The van der Waals surface area contributed by atoms with Gasteiger partial charge in [-0.1, -0.05) is 54.6 Å². The van der Waals surface area contributed by atoms with Gasteiger partial charge in [-0.2, -0.15) is 0 Å². The summed E-state index contributed by atoms with van der Waals surface area (Å²) in [5.41, 5.74) is 2.86. The fraction of sp³-hybridized carbons (Fsp3) is 0.222. The Labute approximate surface area is 125 Å². The highest BCUT2D eigenvalue weighted by Gasteiger charge is 2.10. The number of amides is 1. The van der Waals surface area contributed by atoms with Gasteiger partial charge in [-0.25, -0.2) is 0 Å². The molecular weight excluding hydrogens is 262 g/mol. The van der Waals surface area contributed by atoms with Crippen LogP contribution in [0.3, 0.4) is 0 Å². The maximum atomic E-state index is 12.0. The molecule has 0 spiro atoms. The van der Waals surface area contributed by atoms with E-state index in [-0.39, 0.29) is 24.5 Å². The number of hydrogen-bond donors (Lipinski definition) is 0. The Kier molecular flexibility index (Phi) is 4.88. The highest BCUT2D eigenvalue weighted by molar-refractivity contribution is 5.98. The normalized spacial score (nSPS) is 10.2. The largest absolute Gasteiger partial charge is 0.349 e. The molecule has 0 bridgehead atoms. The van der Waals surface area contributed by atoms with Crippen LogP contribution in [0.5, 0.6) is 0 Å². The van der Waals surface area contributed by atoms with Crippen LogP contribution in [0.1, 0.15) is 23.2 Å². The van der Waals surface area contributed by atoms with Crippen LogP contribution in [-0.4, -0.2) is 30.7 Å². The third kappa shape index (κ3) is 4.02. The summed E-state index contributed by atoms with van der Waals surface area (Å²) in [7, 11) is 3.39. The summed E-state index contributed by atoms with van der Waals surface area (Å²) in [6.45, 7) is 0. The van der Waals surface area contributed by atoms with E-state index >= 15 is 0 Å². The first-order valence-corrected chi connectivity index (χ1v) is 6.97. The molecule has 0 N–H and O–H groups in total. The molecule has 0 aliphatic carbocycles. The molecule has 21 heavy (non-hydrogen) atoms. The van der Waals surface area contributed by atoms with Crippen molar-refractivity contribution in [3.8, 4) is 11.1 Å². The van der Waals surface area contributed by atoms with Crippen molar-refractivity contribution in [3.63, 3.8) is 0 Å². The molecule has 0 aliphatic heterocycles. The Balaban J connectivity index is 2.02. The lowest BCUT2D eigenvalue weighted by molar-refractivity contribution is -0.128. The van der Waals surface area contributed by atoms with E-state index in [0.29, 0.717) is 5.56 Å². The van der Waals surface area contributed by atoms with Gasteiger partial charge in [0.15, 0.2) is 5.78 Å². The smallest absolute Gasteiger partial charge is 0.222 e. The van der Waals surface area contributed by atoms with Gasteiger partial charge in [-0.3, -0.25) is 9.59 Å². The molecule has 2 rings (SSSR count). The quantitative estimate of drug-likeness (QED) is 0.788. The van der Waals surface area contributed by atoms with Crippen molar-refractivity contribution in [1.29, 1.82) is 0 Å². The minimum absolute atomic E-state index is 0.00446. The zero-order valence-electron chi connectivity index (χ0n) is 12.4. The van der Waals surface area contributed by atoms with Crippen LogP contribution in [0.2, 0.25) is 0 Å². The topological polar surface area (TPSA) is 37.4 Å². The van der Waals surface area contributed by atoms with Crippen molar-refractivity contribution < 1.29 is 9.59 Å². The number of Topliss-reactive ketones (excluding diaryl/α,β-unsaturated/α-hetero) is 1. The van der Waals surface area contributed by atoms with E-state index in [2.05, 4.69) is 0 Å². The van der Waals surface area contributed by atoms with Crippen molar-refractivity contribution in [2.24, 2.45) is 0 Å². The summed E-state index contributed by atoms with van der Waals surface area (Å²) in [6, 6.07) is 17.5. The second kappa shape index (κ2) is 6.84. The Morgan fingerprint density at radius 2 is 1.38 bits per heavy atom. The average Bonchev–Trinajstić information content (AvgIpc) is 2.53. The predicted octanol–water partition coefficient (Wildman–Crippen LogP) is 3.40. The van der Waals surface area contributed by atoms with E-state index in [4.69, 9.17) is 0 Å². The Morgan fingerprint density at radius 3 is 1.95 bits per heavy atom. The molecule has 1 amide bonds. The van der Waals surface area contributed by atoms with Gasteiger partial charge >= 0.3 is 0 Å². The van der Waals surface area contributed by atoms with E-state index in [9.17, 15) is 9.59 Å². The lowest BCUT2D eigenvalue weighted by Crippen LogP contribution is -2.22. The van der Waals surface area contributed by atoms with Crippen molar-refractivity contribution in [2.75, 3.05) is 14.1 Å². The average molecular weight is 281 g/mol. The maximum Gasteiger partial charge on any atom is 0.222 e. The van der Waals surface area contributed by atoms with Crippen molar-refractivity contribution in [2.45, 2.75) is 12.8 Å². The van der Waals surface area contributed by atoms with Gasteiger partial charge in [0.1, 0.15) is 0 Å². The zero-order valence-corrected chi connectivity index (χ0v) is 12.4. The van der Waals surface area contributed by atoms with Crippen LogP contribution < -0.4 is 0 Å². The van der Waals surface area contributed by atoms with E-state index in [1.807, 2.05) is 54.6 Å². The number of benzene rings is 2. The molecule has 0 unspecified atom stereocenters. The van der Waals surface area contributed by atoms with Crippen LogP contribution in [-0.2, 0) is 4.79 Å². The van der Waals surface area contributed by atoms with Gasteiger partial charge < -0.3 is 4.90 Å². The summed E-state index contributed by atoms with van der Waals surface area (Å²) < 4.78 is 0. The van der Waals surface area contributed by atoms with E-state index in [0.717, 1.165) is 11.1 Å². The second-order valence-electron chi connectivity index (χ2n) is 5.15. The van der Waals surface area contributed by atoms with Gasteiger partial charge in [0.2, 0.25) is 5.91 Å². The number of ketones is 1. The Bertz CT molecular complexity index is 615. The van der Waals surface area contributed by atoms with Crippen molar-refractivity contribution >= 4 is 11.7 Å². The van der Waals surface area contributed by atoms with E-state index < -0.39 is 0 Å². The van der Waals surface area contributed by atoms with Gasteiger partial charge in [-0.05, 0) is 11.1 Å². The van der Waals surface area contributed by atoms with Crippen molar-refractivity contribution in [1.82, 2.24) is 4.90 Å². The number of carbonyl (C=O) groups is 2. The van der Waals surface area contributed by atoms with Crippen LogP contribution >= 0.6 is 0 Å². The molecular formula is C18H19NO2. The summed E-state index contributed by atoms with van der Waals surface area (Å²) in [6.07, 6.45) is 0.508. The SMILES string of the molecule is CN(C)C(=O)CCC(=O)c1ccc(-c2ccccc2)cc1. The van der Waals surface area contributed by atoms with E-state index in [1.165, 1.54) is 4.90 Å². The monoisotopic (exact) mass is 281 g/mol. The first-order valence-electron chi connectivity index (χ1n) is 6.97. The second-order valence-corrected chi connectivity index (χ2v) is 5.15. The Morgan fingerprint density at radius 1 is 0.810 bits per heavy atom. The molecule has 3 nitrogen and oxygen atoms in total. The molecule has 0 radical (unpaired) electrons. The third-order valence-corrected chi connectivity index (χ3v) is 3.38. The van der Waals surface area contributed by atoms with Gasteiger partial charge in [0.25, 0.3) is 0 Å². The lowest BCUT2D eigenvalue weighted by Gasteiger charge is -2.09. The zero-order chi connectivity index (χ0) is 15.2. The molecule has 0 atom stereocenters. The summed E-state index contributed by atoms with van der Waals surface area (Å²) in [5.74, 6) is -0.0194. The predicted molar refractivity (Wildman–Crippen MR) is 84.1 cm³/mol. The van der Waals surface area contributed by atoms with Crippen molar-refractivity contribution in [3.05, 3.63) is 60.2 Å². The van der Waals surface area contributed by atoms with Gasteiger partial charge in [0, 0.05) is 32.5 Å². The fourth-order valence-electron chi connectivity index (χ4n) is 2.07. The number of hydrogen-bond acceptors (Lipinski definition) is 2.